The molecule has 20 heavy (non-hydrogen) atoms. The number of hydrogen-bond donors (Lipinski definition) is 1. The number of anilines is 1. The molecular formula is C14H16F3NO2. The number of halogens is 3. The number of carbonyl (C=O) groups is 1. The van der Waals surface area contributed by atoms with Crippen molar-refractivity contribution in [1.29, 1.82) is 0 Å². The Morgan fingerprint density at radius 3 is 2.40 bits per heavy atom. The molecule has 1 aliphatic rings. The van der Waals surface area contributed by atoms with Gasteiger partial charge >= 0.3 is 12.1 Å². The van der Waals surface area contributed by atoms with E-state index < -0.39 is 17.7 Å². The van der Waals surface area contributed by atoms with Crippen molar-refractivity contribution >= 4 is 11.7 Å². The number of benzene rings is 1. The fourth-order valence-corrected chi connectivity index (χ4v) is 2.40. The van der Waals surface area contributed by atoms with Gasteiger partial charge in [-0.1, -0.05) is 6.92 Å². The van der Waals surface area contributed by atoms with Crippen LogP contribution in [0, 0.1) is 5.92 Å². The van der Waals surface area contributed by atoms with E-state index in [1.807, 2.05) is 0 Å². The van der Waals surface area contributed by atoms with Gasteiger partial charge in [0.25, 0.3) is 0 Å². The Morgan fingerprint density at radius 1 is 1.30 bits per heavy atom. The van der Waals surface area contributed by atoms with Gasteiger partial charge in [0.15, 0.2) is 0 Å². The molecular weight excluding hydrogens is 271 g/mol. The quantitative estimate of drug-likeness (QED) is 0.902. The predicted molar refractivity (Wildman–Crippen MR) is 69.0 cm³/mol. The molecule has 1 N–H and O–H groups in total. The third-order valence-corrected chi connectivity index (χ3v) is 3.68. The van der Waals surface area contributed by atoms with Crippen molar-refractivity contribution in [1.82, 2.24) is 0 Å². The number of carboxylic acids is 1. The smallest absolute Gasteiger partial charge is 0.416 e. The number of piperidine rings is 1. The molecule has 1 fully saturated rings. The van der Waals surface area contributed by atoms with E-state index in [2.05, 4.69) is 6.92 Å². The third kappa shape index (κ3) is 3.05. The van der Waals surface area contributed by atoms with Crippen LogP contribution in [-0.2, 0) is 6.18 Å². The first-order valence-corrected chi connectivity index (χ1v) is 6.48. The zero-order chi connectivity index (χ0) is 14.9. The Hall–Kier alpha value is -1.72. The number of alkyl halides is 3. The summed E-state index contributed by atoms with van der Waals surface area (Å²) in [5, 5.41) is 9.13. The lowest BCUT2D eigenvalue weighted by Gasteiger charge is -2.33. The maximum atomic E-state index is 12.8. The molecule has 0 amide bonds. The molecule has 0 radical (unpaired) electrons. The van der Waals surface area contributed by atoms with Gasteiger partial charge < -0.3 is 10.0 Å². The normalized spacial score (nSPS) is 17.3. The maximum absolute atomic E-state index is 12.8. The highest BCUT2D eigenvalue weighted by atomic mass is 19.4. The van der Waals surface area contributed by atoms with Crippen LogP contribution in [0.4, 0.5) is 18.9 Å². The summed E-state index contributed by atoms with van der Waals surface area (Å²) in [5.41, 5.74) is -0.720. The lowest BCUT2D eigenvalue weighted by Crippen LogP contribution is -2.34. The monoisotopic (exact) mass is 287 g/mol. The maximum Gasteiger partial charge on any atom is 0.416 e. The molecule has 1 aromatic carbocycles. The number of aromatic carboxylic acids is 1. The number of carboxylic acid groups (broad SMARTS) is 1. The Kier molecular flexibility index (Phi) is 3.92. The average molecular weight is 287 g/mol. The van der Waals surface area contributed by atoms with Crippen LogP contribution in [-0.4, -0.2) is 24.2 Å². The molecule has 3 nitrogen and oxygen atoms in total. The van der Waals surface area contributed by atoms with E-state index in [-0.39, 0.29) is 11.3 Å². The van der Waals surface area contributed by atoms with Gasteiger partial charge in [-0.25, -0.2) is 4.79 Å². The molecule has 1 aromatic rings. The van der Waals surface area contributed by atoms with Crippen molar-refractivity contribution in [2.75, 3.05) is 18.0 Å². The second-order valence-electron chi connectivity index (χ2n) is 5.20. The molecule has 0 saturated carbocycles. The minimum Gasteiger partial charge on any atom is -0.478 e. The van der Waals surface area contributed by atoms with Crippen molar-refractivity contribution in [3.8, 4) is 0 Å². The van der Waals surface area contributed by atoms with Gasteiger partial charge in [0.1, 0.15) is 0 Å². The van der Waals surface area contributed by atoms with E-state index in [0.717, 1.165) is 31.0 Å². The van der Waals surface area contributed by atoms with Crippen LogP contribution in [0.25, 0.3) is 0 Å². The molecule has 6 heteroatoms. The second-order valence-corrected chi connectivity index (χ2v) is 5.20. The van der Waals surface area contributed by atoms with E-state index in [4.69, 9.17) is 5.11 Å². The zero-order valence-corrected chi connectivity index (χ0v) is 11.1. The molecule has 1 aliphatic heterocycles. The SMILES string of the molecule is CC1CCN(c2cc(C(F)(F)F)ccc2C(=O)O)CC1. The van der Waals surface area contributed by atoms with Crippen LogP contribution < -0.4 is 4.90 Å². The predicted octanol–water partition coefficient (Wildman–Crippen LogP) is 3.64. The molecule has 1 saturated heterocycles. The van der Waals surface area contributed by atoms with Gasteiger partial charge in [-0.2, -0.15) is 13.2 Å². The second kappa shape index (κ2) is 5.34. The van der Waals surface area contributed by atoms with Gasteiger partial charge in [0, 0.05) is 13.1 Å². The number of rotatable bonds is 2. The van der Waals surface area contributed by atoms with E-state index in [9.17, 15) is 18.0 Å². The van der Waals surface area contributed by atoms with Gasteiger partial charge in [0.05, 0.1) is 16.8 Å². The first-order chi connectivity index (χ1) is 9.29. The molecule has 0 spiro atoms. The van der Waals surface area contributed by atoms with Crippen molar-refractivity contribution in [3.05, 3.63) is 29.3 Å². The fourth-order valence-electron chi connectivity index (χ4n) is 2.40. The molecule has 0 atom stereocenters. The molecule has 2 rings (SSSR count). The topological polar surface area (TPSA) is 40.5 Å². The summed E-state index contributed by atoms with van der Waals surface area (Å²) in [7, 11) is 0. The highest BCUT2D eigenvalue weighted by Gasteiger charge is 2.32. The van der Waals surface area contributed by atoms with Gasteiger partial charge in [-0.15, -0.1) is 0 Å². The van der Waals surface area contributed by atoms with E-state index in [1.54, 1.807) is 4.90 Å². The average Bonchev–Trinajstić information content (AvgIpc) is 2.37. The molecule has 0 aliphatic carbocycles. The summed E-state index contributed by atoms with van der Waals surface area (Å²) in [6.07, 6.45) is -2.75. The Morgan fingerprint density at radius 2 is 1.90 bits per heavy atom. The lowest BCUT2D eigenvalue weighted by molar-refractivity contribution is -0.137. The van der Waals surface area contributed by atoms with E-state index >= 15 is 0 Å². The van der Waals surface area contributed by atoms with E-state index in [0.29, 0.717) is 19.0 Å². The third-order valence-electron chi connectivity index (χ3n) is 3.68. The van der Waals surface area contributed by atoms with Crippen molar-refractivity contribution in [2.45, 2.75) is 25.9 Å². The van der Waals surface area contributed by atoms with Crippen molar-refractivity contribution in [3.63, 3.8) is 0 Å². The van der Waals surface area contributed by atoms with Crippen LogP contribution in [0.2, 0.25) is 0 Å². The zero-order valence-electron chi connectivity index (χ0n) is 11.1. The van der Waals surface area contributed by atoms with Crippen LogP contribution in [0.3, 0.4) is 0 Å². The van der Waals surface area contributed by atoms with Crippen LogP contribution in [0.1, 0.15) is 35.7 Å². The molecule has 1 heterocycles. The summed E-state index contributed by atoms with van der Waals surface area (Å²) < 4.78 is 38.3. The molecule has 0 aromatic heterocycles. The standard InChI is InChI=1S/C14H16F3NO2/c1-9-4-6-18(7-5-9)12-8-10(14(15,16)17)2-3-11(12)13(19)20/h2-3,8-9H,4-7H2,1H3,(H,19,20). The van der Waals surface area contributed by atoms with Gasteiger partial charge in [-0.05, 0) is 37.0 Å². The molecule has 0 bridgehead atoms. The van der Waals surface area contributed by atoms with Gasteiger partial charge in [-0.3, -0.25) is 0 Å². The minimum atomic E-state index is -4.46. The summed E-state index contributed by atoms with van der Waals surface area (Å²) in [6.45, 7) is 3.26. The fraction of sp³-hybridized carbons (Fsp3) is 0.500. The van der Waals surface area contributed by atoms with Crippen molar-refractivity contribution < 1.29 is 23.1 Å². The molecule has 0 unspecified atom stereocenters. The summed E-state index contributed by atoms with van der Waals surface area (Å²) in [4.78, 5) is 12.9. The Bertz CT molecular complexity index is 506. The minimum absolute atomic E-state index is 0.0763. The summed E-state index contributed by atoms with van der Waals surface area (Å²) in [6, 6.07) is 2.80. The summed E-state index contributed by atoms with van der Waals surface area (Å²) in [5.74, 6) is -0.683. The van der Waals surface area contributed by atoms with Crippen LogP contribution in [0.5, 0.6) is 0 Å². The van der Waals surface area contributed by atoms with Crippen LogP contribution in [0.15, 0.2) is 18.2 Å². The number of hydrogen-bond acceptors (Lipinski definition) is 2. The van der Waals surface area contributed by atoms with Crippen molar-refractivity contribution in [2.24, 2.45) is 5.92 Å². The first kappa shape index (κ1) is 14.7. The highest BCUT2D eigenvalue weighted by Crippen LogP contribution is 2.34. The largest absolute Gasteiger partial charge is 0.478 e. The van der Waals surface area contributed by atoms with Crippen LogP contribution >= 0.6 is 0 Å². The van der Waals surface area contributed by atoms with Gasteiger partial charge in [0.2, 0.25) is 0 Å². The highest BCUT2D eigenvalue weighted by molar-refractivity contribution is 5.94. The first-order valence-electron chi connectivity index (χ1n) is 6.48. The Balaban J connectivity index is 2.39. The summed E-state index contributed by atoms with van der Waals surface area (Å²) >= 11 is 0. The molecule has 110 valence electrons. The lowest BCUT2D eigenvalue weighted by atomic mass is 9.97. The number of nitrogens with zero attached hydrogens (tertiary/aromatic N) is 1. The Labute approximate surface area is 115 Å². The van der Waals surface area contributed by atoms with E-state index in [1.165, 1.54) is 0 Å².